The van der Waals surface area contributed by atoms with Gasteiger partial charge in [-0.15, -0.1) is 11.3 Å². The molecule has 0 aliphatic rings. The van der Waals surface area contributed by atoms with Gasteiger partial charge in [-0.05, 0) is 48.9 Å². The van der Waals surface area contributed by atoms with Crippen LogP contribution in [0.5, 0.6) is 0 Å². The molecule has 0 aliphatic carbocycles. The molecule has 0 aliphatic heterocycles. The quantitative estimate of drug-likeness (QED) is 0.293. The van der Waals surface area contributed by atoms with Crippen LogP contribution in [0.25, 0.3) is 42.6 Å². The van der Waals surface area contributed by atoms with Crippen LogP contribution in [0.4, 0.5) is 11.4 Å². The molecular formula is C25H17N5S. The predicted octanol–water partition coefficient (Wildman–Crippen LogP) is 6.85. The summed E-state index contributed by atoms with van der Waals surface area (Å²) >= 11 is 1.62. The van der Waals surface area contributed by atoms with Gasteiger partial charge in [0.05, 0.1) is 21.8 Å². The van der Waals surface area contributed by atoms with Gasteiger partial charge in [-0.25, -0.2) is 4.98 Å². The summed E-state index contributed by atoms with van der Waals surface area (Å²) in [5.74, 6) is 0. The van der Waals surface area contributed by atoms with E-state index in [1.807, 2.05) is 24.4 Å². The number of hydrogen-bond donors (Lipinski definition) is 3. The number of rotatable bonds is 3. The van der Waals surface area contributed by atoms with Crippen LogP contribution in [0.3, 0.4) is 0 Å². The fraction of sp³-hybridized carbons (Fsp3) is 0.0400. The van der Waals surface area contributed by atoms with Gasteiger partial charge in [-0.3, -0.25) is 0 Å². The molecule has 0 saturated carbocycles. The van der Waals surface area contributed by atoms with Gasteiger partial charge in [-0.2, -0.15) is 5.26 Å². The van der Waals surface area contributed by atoms with Gasteiger partial charge in [0.1, 0.15) is 10.9 Å². The van der Waals surface area contributed by atoms with Gasteiger partial charge in [0, 0.05) is 45.3 Å². The van der Waals surface area contributed by atoms with Crippen molar-refractivity contribution in [3.8, 4) is 16.6 Å². The van der Waals surface area contributed by atoms with E-state index >= 15 is 0 Å². The second-order valence-corrected chi connectivity index (χ2v) is 8.59. The van der Waals surface area contributed by atoms with Crippen LogP contribution < -0.4 is 5.32 Å². The summed E-state index contributed by atoms with van der Waals surface area (Å²) in [7, 11) is 0. The van der Waals surface area contributed by atoms with Crippen molar-refractivity contribution in [1.82, 2.24) is 15.0 Å². The Kier molecular flexibility index (Phi) is 3.85. The molecule has 0 spiro atoms. The van der Waals surface area contributed by atoms with Crippen LogP contribution in [0.15, 0.2) is 67.0 Å². The maximum atomic E-state index is 9.75. The molecule has 0 radical (unpaired) electrons. The first kappa shape index (κ1) is 17.8. The molecule has 5 nitrogen and oxygen atoms in total. The summed E-state index contributed by atoms with van der Waals surface area (Å²) in [6, 6.07) is 21.0. The number of nitriles is 1. The summed E-state index contributed by atoms with van der Waals surface area (Å²) in [4.78, 5) is 13.3. The zero-order chi connectivity index (χ0) is 20.9. The molecule has 4 heterocycles. The van der Waals surface area contributed by atoms with E-state index in [1.54, 1.807) is 17.5 Å². The molecule has 0 atom stereocenters. The van der Waals surface area contributed by atoms with E-state index in [4.69, 9.17) is 0 Å². The minimum Gasteiger partial charge on any atom is -0.361 e. The Balaban J connectivity index is 1.51. The first-order valence-electron chi connectivity index (χ1n) is 9.96. The number of para-hydroxylation sites is 1. The third-order valence-corrected chi connectivity index (χ3v) is 6.82. The number of anilines is 2. The van der Waals surface area contributed by atoms with Gasteiger partial charge in [0.15, 0.2) is 0 Å². The first-order chi connectivity index (χ1) is 15.2. The van der Waals surface area contributed by atoms with Crippen LogP contribution in [0.1, 0.15) is 11.1 Å². The van der Waals surface area contributed by atoms with Crippen molar-refractivity contribution in [1.29, 1.82) is 5.26 Å². The van der Waals surface area contributed by atoms with Crippen molar-refractivity contribution in [2.45, 2.75) is 6.92 Å². The van der Waals surface area contributed by atoms with E-state index < -0.39 is 0 Å². The normalized spacial score (nSPS) is 11.4. The second-order valence-electron chi connectivity index (χ2n) is 7.56. The van der Waals surface area contributed by atoms with Crippen LogP contribution in [-0.2, 0) is 0 Å². The van der Waals surface area contributed by atoms with Gasteiger partial charge >= 0.3 is 0 Å². The molecule has 6 rings (SSSR count). The molecule has 6 heteroatoms. The van der Waals surface area contributed by atoms with E-state index in [9.17, 15) is 5.26 Å². The fourth-order valence-electron chi connectivity index (χ4n) is 4.10. The lowest BCUT2D eigenvalue weighted by Crippen LogP contribution is -1.97. The maximum absolute atomic E-state index is 9.75. The summed E-state index contributed by atoms with van der Waals surface area (Å²) in [6.45, 7) is 2.09. The molecule has 0 fully saturated rings. The van der Waals surface area contributed by atoms with Crippen molar-refractivity contribution in [2.24, 2.45) is 0 Å². The van der Waals surface area contributed by atoms with Gasteiger partial charge in [0.2, 0.25) is 0 Å². The number of aryl methyl sites for hydroxylation is 1. The minimum absolute atomic E-state index is 0.530. The van der Waals surface area contributed by atoms with E-state index in [0.717, 1.165) is 54.1 Å². The number of nitrogens with one attached hydrogen (secondary N) is 3. The lowest BCUT2D eigenvalue weighted by Gasteiger charge is -2.12. The number of nitrogens with zero attached hydrogens (tertiary/aromatic N) is 2. The number of aromatic amines is 2. The van der Waals surface area contributed by atoms with E-state index in [-0.39, 0.29) is 0 Å². The van der Waals surface area contributed by atoms with Crippen LogP contribution in [0, 0.1) is 18.3 Å². The predicted molar refractivity (Wildman–Crippen MR) is 128 cm³/mol. The Morgan fingerprint density at radius 2 is 1.94 bits per heavy atom. The number of pyridine rings is 1. The molecule has 148 valence electrons. The lowest BCUT2D eigenvalue weighted by molar-refractivity contribution is 1.38. The molecule has 0 unspecified atom stereocenters. The van der Waals surface area contributed by atoms with Gasteiger partial charge in [-0.1, -0.05) is 18.2 Å². The number of H-pyrrole nitrogens is 2. The molecule has 0 saturated heterocycles. The lowest BCUT2D eigenvalue weighted by atomic mass is 10.1. The Hall–Kier alpha value is -4.08. The first-order valence-corrected chi connectivity index (χ1v) is 10.8. The van der Waals surface area contributed by atoms with Crippen molar-refractivity contribution >= 4 is 54.7 Å². The highest BCUT2D eigenvalue weighted by molar-refractivity contribution is 7.21. The van der Waals surface area contributed by atoms with Crippen molar-refractivity contribution in [2.75, 3.05) is 5.32 Å². The Morgan fingerprint density at radius 1 is 1.03 bits per heavy atom. The highest BCUT2D eigenvalue weighted by Crippen LogP contribution is 2.39. The maximum Gasteiger partial charge on any atom is 0.126 e. The fourth-order valence-corrected chi connectivity index (χ4v) is 5.08. The molecule has 0 amide bonds. The van der Waals surface area contributed by atoms with E-state index in [2.05, 4.69) is 69.7 Å². The smallest absolute Gasteiger partial charge is 0.126 e. The highest BCUT2D eigenvalue weighted by Gasteiger charge is 2.16. The zero-order valence-corrected chi connectivity index (χ0v) is 17.5. The van der Waals surface area contributed by atoms with Crippen LogP contribution in [-0.4, -0.2) is 15.0 Å². The average molecular weight is 420 g/mol. The van der Waals surface area contributed by atoms with Crippen LogP contribution in [0.2, 0.25) is 0 Å². The van der Waals surface area contributed by atoms with Crippen molar-refractivity contribution in [3.05, 3.63) is 78.1 Å². The van der Waals surface area contributed by atoms with Crippen molar-refractivity contribution in [3.63, 3.8) is 0 Å². The summed E-state index contributed by atoms with van der Waals surface area (Å²) in [6.07, 6.45) is 3.60. The summed E-state index contributed by atoms with van der Waals surface area (Å²) < 4.78 is 0. The van der Waals surface area contributed by atoms with Gasteiger partial charge < -0.3 is 15.3 Å². The minimum atomic E-state index is 0.530. The monoisotopic (exact) mass is 419 g/mol. The molecule has 31 heavy (non-hydrogen) atoms. The third-order valence-electron chi connectivity index (χ3n) is 5.74. The number of hydrogen-bond acceptors (Lipinski definition) is 4. The number of thiophene rings is 1. The van der Waals surface area contributed by atoms with Gasteiger partial charge in [0.25, 0.3) is 0 Å². The zero-order valence-electron chi connectivity index (χ0n) is 16.7. The molecule has 4 aromatic heterocycles. The number of benzene rings is 2. The Labute approximate surface area is 182 Å². The SMILES string of the molecule is Cc1c(Nc2c(C#N)cnc3sc(-c4cc5ccccc5[nH]4)cc23)ccc2[nH]ccc12. The largest absolute Gasteiger partial charge is 0.361 e. The third kappa shape index (κ3) is 2.79. The number of aromatic nitrogens is 3. The summed E-state index contributed by atoms with van der Waals surface area (Å²) in [5.41, 5.74) is 6.70. The van der Waals surface area contributed by atoms with Crippen molar-refractivity contribution < 1.29 is 0 Å². The van der Waals surface area contributed by atoms with E-state index in [0.29, 0.717) is 5.56 Å². The Morgan fingerprint density at radius 3 is 2.81 bits per heavy atom. The van der Waals surface area contributed by atoms with E-state index in [1.165, 1.54) is 5.39 Å². The second kappa shape index (κ2) is 6.73. The highest BCUT2D eigenvalue weighted by atomic mass is 32.1. The van der Waals surface area contributed by atoms with Crippen LogP contribution >= 0.6 is 11.3 Å². The molecule has 0 bridgehead atoms. The molecular weight excluding hydrogens is 402 g/mol. The standard InChI is InChI=1S/C25H17N5S/c1-14-17-8-9-27-21(17)7-6-19(14)30-24-16(12-26)13-28-25-18(24)11-23(31-25)22-10-15-4-2-3-5-20(15)29-22/h2-11,13,27,29H,1H3,(H,28,30). The Bertz CT molecular complexity index is 1610. The molecule has 2 aromatic carbocycles. The number of fused-ring (bicyclic) bond motifs is 3. The summed E-state index contributed by atoms with van der Waals surface area (Å²) in [5, 5.41) is 16.6. The molecule has 3 N–H and O–H groups in total. The topological polar surface area (TPSA) is 80.3 Å². The average Bonchev–Trinajstić information content (AvgIpc) is 3.53. The molecule has 6 aromatic rings.